The molecule has 6 nitrogen and oxygen atoms in total. The maximum Gasteiger partial charge on any atom is 0.319 e. The van der Waals surface area contributed by atoms with Crippen LogP contribution in [0.1, 0.15) is 17.3 Å². The summed E-state index contributed by atoms with van der Waals surface area (Å²) in [7, 11) is 1.49. The number of thioether (sulfide) groups is 1. The molecule has 0 atom stereocenters. The maximum absolute atomic E-state index is 11.3. The van der Waals surface area contributed by atoms with Crippen molar-refractivity contribution < 1.29 is 9.59 Å². The summed E-state index contributed by atoms with van der Waals surface area (Å²) in [5, 5.41) is 5.84. The summed E-state index contributed by atoms with van der Waals surface area (Å²) in [5.41, 5.74) is 5.53. The highest BCUT2D eigenvalue weighted by Crippen LogP contribution is 2.31. The molecule has 0 aliphatic rings. The predicted molar refractivity (Wildman–Crippen MR) is 65.1 cm³/mol. The Morgan fingerprint density at radius 2 is 2.25 bits per heavy atom. The van der Waals surface area contributed by atoms with E-state index in [1.807, 2.05) is 6.92 Å². The van der Waals surface area contributed by atoms with Crippen molar-refractivity contribution in [1.82, 2.24) is 9.69 Å². The lowest BCUT2D eigenvalue weighted by molar-refractivity contribution is 0.0998. The van der Waals surface area contributed by atoms with Gasteiger partial charge in [0.1, 0.15) is 15.6 Å². The first kappa shape index (κ1) is 12.8. The minimum absolute atomic E-state index is 0.278. The molecule has 0 fully saturated rings. The Bertz CT molecular complexity index is 405. The number of hydrogen-bond acceptors (Lipinski definition) is 5. The SMILES string of the molecule is CCSc1nsc(NC(=O)NC)c1C(N)=O. The van der Waals surface area contributed by atoms with Crippen molar-refractivity contribution in [3.05, 3.63) is 5.56 Å². The van der Waals surface area contributed by atoms with Gasteiger partial charge in [0.25, 0.3) is 5.91 Å². The molecule has 0 saturated carbocycles. The Morgan fingerprint density at radius 3 is 2.75 bits per heavy atom. The summed E-state index contributed by atoms with van der Waals surface area (Å²) >= 11 is 2.46. The first-order valence-electron chi connectivity index (χ1n) is 4.51. The topological polar surface area (TPSA) is 97.1 Å². The van der Waals surface area contributed by atoms with Crippen LogP contribution in [0.25, 0.3) is 0 Å². The average molecular weight is 260 g/mol. The van der Waals surface area contributed by atoms with Gasteiger partial charge in [-0.3, -0.25) is 10.1 Å². The highest BCUT2D eigenvalue weighted by Gasteiger charge is 2.19. The fourth-order valence-corrected chi connectivity index (χ4v) is 2.68. The van der Waals surface area contributed by atoms with Gasteiger partial charge in [0.2, 0.25) is 0 Å². The molecule has 0 aromatic carbocycles. The van der Waals surface area contributed by atoms with Crippen LogP contribution < -0.4 is 16.4 Å². The number of rotatable bonds is 4. The number of nitrogens with zero attached hydrogens (tertiary/aromatic N) is 1. The standard InChI is InChI=1S/C8H12N4O2S2/c1-3-15-7-4(5(9)13)6(16-12-7)11-8(14)10-2/h3H2,1-2H3,(H2,9,13)(H2,10,11,14). The summed E-state index contributed by atoms with van der Waals surface area (Å²) in [5.74, 6) is 0.194. The van der Waals surface area contributed by atoms with Gasteiger partial charge in [0.05, 0.1) is 0 Å². The lowest BCUT2D eigenvalue weighted by Crippen LogP contribution is -2.25. The molecule has 88 valence electrons. The number of primary amides is 1. The van der Waals surface area contributed by atoms with Crippen molar-refractivity contribution in [2.45, 2.75) is 11.9 Å². The van der Waals surface area contributed by atoms with E-state index >= 15 is 0 Å². The number of amides is 3. The van der Waals surface area contributed by atoms with Gasteiger partial charge in [-0.2, -0.15) is 4.37 Å². The van der Waals surface area contributed by atoms with E-state index < -0.39 is 11.9 Å². The van der Waals surface area contributed by atoms with Crippen LogP contribution in [0.5, 0.6) is 0 Å². The number of carbonyl (C=O) groups excluding carboxylic acids is 2. The van der Waals surface area contributed by atoms with E-state index in [0.717, 1.165) is 17.3 Å². The molecule has 0 radical (unpaired) electrons. The molecule has 1 aromatic rings. The highest BCUT2D eigenvalue weighted by atomic mass is 32.2. The van der Waals surface area contributed by atoms with Crippen LogP contribution in [0.2, 0.25) is 0 Å². The van der Waals surface area contributed by atoms with E-state index in [9.17, 15) is 9.59 Å². The molecule has 3 amide bonds. The van der Waals surface area contributed by atoms with E-state index in [-0.39, 0.29) is 5.56 Å². The molecule has 8 heteroatoms. The van der Waals surface area contributed by atoms with E-state index in [0.29, 0.717) is 10.0 Å². The second kappa shape index (κ2) is 5.71. The highest BCUT2D eigenvalue weighted by molar-refractivity contribution is 7.99. The molecule has 1 aromatic heterocycles. The molecular weight excluding hydrogens is 248 g/mol. The van der Waals surface area contributed by atoms with Gasteiger partial charge in [-0.25, -0.2) is 4.79 Å². The van der Waals surface area contributed by atoms with Crippen molar-refractivity contribution in [2.24, 2.45) is 5.73 Å². The number of aromatic nitrogens is 1. The van der Waals surface area contributed by atoms with Crippen LogP contribution in [-0.2, 0) is 0 Å². The molecular formula is C8H12N4O2S2. The van der Waals surface area contributed by atoms with Gasteiger partial charge in [0.15, 0.2) is 0 Å². The minimum Gasteiger partial charge on any atom is -0.365 e. The molecule has 16 heavy (non-hydrogen) atoms. The van der Waals surface area contributed by atoms with Crippen molar-refractivity contribution >= 4 is 40.2 Å². The predicted octanol–water partition coefficient (Wildman–Crippen LogP) is 1.11. The maximum atomic E-state index is 11.3. The molecule has 1 rings (SSSR count). The molecule has 0 saturated heterocycles. The van der Waals surface area contributed by atoms with Crippen LogP contribution in [0.15, 0.2) is 5.03 Å². The molecule has 4 N–H and O–H groups in total. The zero-order valence-corrected chi connectivity index (χ0v) is 10.5. The zero-order valence-electron chi connectivity index (χ0n) is 8.86. The summed E-state index contributed by atoms with van der Waals surface area (Å²) in [6.07, 6.45) is 0. The van der Waals surface area contributed by atoms with E-state index in [1.54, 1.807) is 0 Å². The first-order chi connectivity index (χ1) is 7.60. The Balaban J connectivity index is 3.00. The fraction of sp³-hybridized carbons (Fsp3) is 0.375. The Morgan fingerprint density at radius 1 is 1.56 bits per heavy atom. The average Bonchev–Trinajstić information content (AvgIpc) is 2.61. The van der Waals surface area contributed by atoms with Crippen LogP contribution in [0.4, 0.5) is 9.80 Å². The van der Waals surface area contributed by atoms with Crippen molar-refractivity contribution in [2.75, 3.05) is 18.1 Å². The van der Waals surface area contributed by atoms with Crippen LogP contribution in [-0.4, -0.2) is 29.1 Å². The van der Waals surface area contributed by atoms with E-state index in [1.165, 1.54) is 18.8 Å². The Kier molecular flexibility index (Phi) is 4.56. The zero-order chi connectivity index (χ0) is 12.1. The van der Waals surface area contributed by atoms with Gasteiger partial charge in [-0.05, 0) is 17.3 Å². The number of hydrogen-bond donors (Lipinski definition) is 3. The van der Waals surface area contributed by atoms with Gasteiger partial charge < -0.3 is 11.1 Å². The molecule has 0 bridgehead atoms. The molecule has 1 heterocycles. The second-order valence-corrected chi connectivity index (χ2v) is 4.72. The van der Waals surface area contributed by atoms with Gasteiger partial charge >= 0.3 is 6.03 Å². The summed E-state index contributed by atoms with van der Waals surface area (Å²) in [6, 6.07) is -0.404. The van der Waals surface area contributed by atoms with Crippen molar-refractivity contribution in [1.29, 1.82) is 0 Å². The van der Waals surface area contributed by atoms with Gasteiger partial charge in [0, 0.05) is 7.05 Å². The molecule has 0 spiro atoms. The summed E-state index contributed by atoms with van der Waals surface area (Å²) in [4.78, 5) is 22.4. The smallest absolute Gasteiger partial charge is 0.319 e. The van der Waals surface area contributed by atoms with Crippen LogP contribution in [0, 0.1) is 0 Å². The third-order valence-electron chi connectivity index (χ3n) is 1.64. The van der Waals surface area contributed by atoms with Crippen molar-refractivity contribution in [3.63, 3.8) is 0 Å². The Labute approximate surface area is 101 Å². The van der Waals surface area contributed by atoms with E-state index in [4.69, 9.17) is 5.73 Å². The van der Waals surface area contributed by atoms with Gasteiger partial charge in [-0.15, -0.1) is 11.8 Å². The second-order valence-electron chi connectivity index (χ2n) is 2.69. The first-order valence-corrected chi connectivity index (χ1v) is 6.27. The summed E-state index contributed by atoms with van der Waals surface area (Å²) in [6.45, 7) is 1.95. The van der Waals surface area contributed by atoms with Crippen molar-refractivity contribution in [3.8, 4) is 0 Å². The van der Waals surface area contributed by atoms with Crippen LogP contribution >= 0.6 is 23.3 Å². The van der Waals surface area contributed by atoms with Gasteiger partial charge in [-0.1, -0.05) is 6.92 Å². The third-order valence-corrected chi connectivity index (χ3v) is 3.38. The third kappa shape index (κ3) is 2.86. The number of nitrogens with one attached hydrogen (secondary N) is 2. The monoisotopic (exact) mass is 260 g/mol. The lowest BCUT2D eigenvalue weighted by atomic mass is 10.3. The number of carbonyl (C=O) groups is 2. The van der Waals surface area contributed by atoms with Crippen LogP contribution in [0.3, 0.4) is 0 Å². The number of nitrogens with two attached hydrogens (primary N) is 1. The normalized spacial score (nSPS) is 9.88. The minimum atomic E-state index is -0.587. The molecule has 0 aliphatic heterocycles. The number of urea groups is 1. The molecule has 0 unspecified atom stereocenters. The quantitative estimate of drug-likeness (QED) is 0.706. The lowest BCUT2D eigenvalue weighted by Gasteiger charge is -2.03. The van der Waals surface area contributed by atoms with E-state index in [2.05, 4.69) is 15.0 Å². The summed E-state index contributed by atoms with van der Waals surface area (Å²) < 4.78 is 4.08. The number of anilines is 1. The Hall–Kier alpha value is -1.28. The fourth-order valence-electron chi connectivity index (χ4n) is 0.979. The molecule has 0 aliphatic carbocycles. The largest absolute Gasteiger partial charge is 0.365 e.